The highest BCUT2D eigenvalue weighted by atomic mass is 127. The summed E-state index contributed by atoms with van der Waals surface area (Å²) in [5.74, 6) is 0.896. The fraction of sp³-hybridized carbons (Fsp3) is 0.471. The topological polar surface area (TPSA) is 39.7 Å². The summed E-state index contributed by atoms with van der Waals surface area (Å²) in [5.41, 5.74) is 2.52. The zero-order chi connectivity index (χ0) is 14.9. The van der Waals surface area contributed by atoms with E-state index in [0.717, 1.165) is 38.6 Å². The minimum Gasteiger partial charge on any atom is -0.364 e. The Balaban J connectivity index is 0.00000242. The first-order valence-electron chi connectivity index (χ1n) is 7.84. The van der Waals surface area contributed by atoms with Crippen molar-refractivity contribution in [1.29, 1.82) is 0 Å². The largest absolute Gasteiger partial charge is 0.364 e. The van der Waals surface area contributed by atoms with Crippen LogP contribution in [0.1, 0.15) is 25.8 Å². The van der Waals surface area contributed by atoms with Gasteiger partial charge in [0.15, 0.2) is 5.96 Å². The lowest BCUT2D eigenvalue weighted by Crippen LogP contribution is -2.37. The van der Waals surface area contributed by atoms with Crippen LogP contribution in [0.3, 0.4) is 0 Å². The van der Waals surface area contributed by atoms with Gasteiger partial charge in [0.05, 0.1) is 6.54 Å². The van der Waals surface area contributed by atoms with Gasteiger partial charge in [0, 0.05) is 31.9 Å². The maximum absolute atomic E-state index is 4.65. The number of rotatable bonds is 6. The minimum atomic E-state index is 0. The quantitative estimate of drug-likeness (QED) is 0.325. The molecule has 1 aromatic rings. The van der Waals surface area contributed by atoms with E-state index in [1.165, 1.54) is 11.3 Å². The Morgan fingerprint density at radius 3 is 2.64 bits per heavy atom. The minimum absolute atomic E-state index is 0. The van der Waals surface area contributed by atoms with Gasteiger partial charge in [0.1, 0.15) is 0 Å². The van der Waals surface area contributed by atoms with Crippen molar-refractivity contribution in [2.45, 2.75) is 26.8 Å². The van der Waals surface area contributed by atoms with Crippen molar-refractivity contribution in [1.82, 2.24) is 10.6 Å². The van der Waals surface area contributed by atoms with Crippen molar-refractivity contribution < 1.29 is 0 Å². The second-order valence-corrected chi connectivity index (χ2v) is 5.17. The summed E-state index contributed by atoms with van der Waals surface area (Å²) in [5, 5.41) is 6.60. The molecule has 122 valence electrons. The number of hydrogen-bond donors (Lipinski definition) is 2. The van der Waals surface area contributed by atoms with E-state index in [4.69, 9.17) is 0 Å². The lowest BCUT2D eigenvalue weighted by molar-refractivity contribution is 0.785. The molecule has 0 saturated carbocycles. The molecule has 0 aromatic heterocycles. The van der Waals surface area contributed by atoms with Gasteiger partial charge in [0.2, 0.25) is 0 Å². The maximum atomic E-state index is 4.65. The summed E-state index contributed by atoms with van der Waals surface area (Å²) in [4.78, 5) is 7.00. The molecule has 2 rings (SSSR count). The smallest absolute Gasteiger partial charge is 0.191 e. The predicted octanol–water partition coefficient (Wildman–Crippen LogP) is 3.15. The molecule has 1 heterocycles. The molecular formula is C17H27IN4. The summed E-state index contributed by atoms with van der Waals surface area (Å²) in [7, 11) is 0. The van der Waals surface area contributed by atoms with E-state index in [0.29, 0.717) is 6.54 Å². The average Bonchev–Trinajstić information content (AvgIpc) is 3.05. The monoisotopic (exact) mass is 414 g/mol. The highest BCUT2D eigenvalue weighted by Crippen LogP contribution is 2.18. The summed E-state index contributed by atoms with van der Waals surface area (Å²) < 4.78 is 0. The zero-order valence-electron chi connectivity index (χ0n) is 13.5. The van der Waals surface area contributed by atoms with Crippen LogP contribution in [0.2, 0.25) is 0 Å². The third kappa shape index (κ3) is 5.87. The summed E-state index contributed by atoms with van der Waals surface area (Å²) in [6.45, 7) is 8.80. The number of guanidine groups is 1. The molecular weight excluding hydrogens is 387 g/mol. The normalized spacial score (nSPS) is 13.9. The van der Waals surface area contributed by atoms with Gasteiger partial charge in [-0.3, -0.25) is 0 Å². The Kier molecular flexibility index (Phi) is 8.96. The summed E-state index contributed by atoms with van der Waals surface area (Å²) in [6, 6.07) is 8.66. The van der Waals surface area contributed by atoms with Crippen molar-refractivity contribution in [3.05, 3.63) is 42.0 Å². The molecule has 1 aliphatic heterocycles. The van der Waals surface area contributed by atoms with Crippen LogP contribution >= 0.6 is 24.0 Å². The van der Waals surface area contributed by atoms with Gasteiger partial charge >= 0.3 is 0 Å². The highest BCUT2D eigenvalue weighted by Gasteiger charge is 2.07. The second kappa shape index (κ2) is 10.5. The van der Waals surface area contributed by atoms with Crippen molar-refractivity contribution in [2.75, 3.05) is 31.1 Å². The fourth-order valence-electron chi connectivity index (χ4n) is 2.30. The first kappa shape index (κ1) is 18.8. The van der Waals surface area contributed by atoms with Gasteiger partial charge in [0.25, 0.3) is 0 Å². The van der Waals surface area contributed by atoms with E-state index < -0.39 is 0 Å². The van der Waals surface area contributed by atoms with Crippen LogP contribution in [0, 0.1) is 0 Å². The molecule has 0 unspecified atom stereocenters. The van der Waals surface area contributed by atoms with Crippen molar-refractivity contribution >= 4 is 35.6 Å². The molecule has 0 aliphatic carbocycles. The number of nitrogens with zero attached hydrogens (tertiary/aromatic N) is 2. The zero-order valence-corrected chi connectivity index (χ0v) is 15.8. The van der Waals surface area contributed by atoms with Gasteiger partial charge < -0.3 is 15.5 Å². The van der Waals surface area contributed by atoms with Gasteiger partial charge in [-0.05, 0) is 31.0 Å². The third-order valence-electron chi connectivity index (χ3n) is 3.40. The maximum Gasteiger partial charge on any atom is 0.191 e. The number of benzene rings is 1. The van der Waals surface area contributed by atoms with Crippen LogP contribution < -0.4 is 15.5 Å². The number of nitrogens with one attached hydrogen (secondary N) is 2. The molecule has 2 N–H and O–H groups in total. The molecule has 0 atom stereocenters. The Hall–Kier alpha value is -1.24. The molecule has 0 saturated heterocycles. The van der Waals surface area contributed by atoms with Gasteiger partial charge in [-0.15, -0.1) is 24.0 Å². The van der Waals surface area contributed by atoms with E-state index in [1.807, 2.05) is 0 Å². The molecule has 0 fully saturated rings. The molecule has 1 aliphatic rings. The fourth-order valence-corrected chi connectivity index (χ4v) is 2.30. The second-order valence-electron chi connectivity index (χ2n) is 5.17. The van der Waals surface area contributed by atoms with Crippen LogP contribution in [0.15, 0.2) is 41.4 Å². The van der Waals surface area contributed by atoms with Crippen molar-refractivity contribution in [3.8, 4) is 0 Å². The molecule has 4 nitrogen and oxygen atoms in total. The molecule has 1 aromatic carbocycles. The first-order valence-corrected chi connectivity index (χ1v) is 7.84. The van der Waals surface area contributed by atoms with Crippen molar-refractivity contribution in [2.24, 2.45) is 4.99 Å². The molecule has 0 bridgehead atoms. The number of aliphatic imine (C=N–C) groups is 1. The molecule has 5 heteroatoms. The molecule has 22 heavy (non-hydrogen) atoms. The molecule has 0 spiro atoms. The van der Waals surface area contributed by atoms with E-state index in [9.17, 15) is 0 Å². The Labute approximate surface area is 151 Å². The summed E-state index contributed by atoms with van der Waals surface area (Å²) in [6.07, 6.45) is 5.52. The van der Waals surface area contributed by atoms with Crippen molar-refractivity contribution in [3.63, 3.8) is 0 Å². The van der Waals surface area contributed by atoms with E-state index >= 15 is 0 Å². The van der Waals surface area contributed by atoms with Crippen LogP contribution in [-0.2, 0) is 6.54 Å². The molecule has 0 radical (unpaired) electrons. The van der Waals surface area contributed by atoms with Gasteiger partial charge in [-0.2, -0.15) is 0 Å². The average molecular weight is 414 g/mol. The lowest BCUT2D eigenvalue weighted by atomic mass is 10.2. The number of hydrogen-bond acceptors (Lipinski definition) is 2. The van der Waals surface area contributed by atoms with Gasteiger partial charge in [-0.1, -0.05) is 31.2 Å². The first-order chi connectivity index (χ1) is 10.3. The van der Waals surface area contributed by atoms with E-state index in [2.05, 4.69) is 70.8 Å². The number of anilines is 1. The number of halogens is 1. The molecule has 0 amide bonds. The Bertz CT molecular complexity index is 491. The van der Waals surface area contributed by atoms with Crippen LogP contribution in [0.25, 0.3) is 0 Å². The third-order valence-corrected chi connectivity index (χ3v) is 3.40. The summed E-state index contributed by atoms with van der Waals surface area (Å²) >= 11 is 0. The lowest BCUT2D eigenvalue weighted by Gasteiger charge is -2.18. The van der Waals surface area contributed by atoms with Gasteiger partial charge in [-0.25, -0.2) is 4.99 Å². The van der Waals surface area contributed by atoms with E-state index in [-0.39, 0.29) is 24.0 Å². The Morgan fingerprint density at radius 2 is 1.95 bits per heavy atom. The van der Waals surface area contributed by atoms with Crippen LogP contribution in [-0.4, -0.2) is 32.1 Å². The standard InChI is InChI=1S/C17H26N4.HI/c1-3-10-19-17(18-4-2)20-14-15-8-7-9-16(13-15)21-11-5-6-12-21;/h5-9,13H,3-4,10-12,14H2,1-2H3,(H2,18,19,20);1H. The van der Waals surface area contributed by atoms with Crippen LogP contribution in [0.4, 0.5) is 5.69 Å². The Morgan fingerprint density at radius 1 is 1.18 bits per heavy atom. The SMILES string of the molecule is CCCNC(=NCc1cccc(N2CC=CC2)c1)NCC.I. The van der Waals surface area contributed by atoms with Crippen LogP contribution in [0.5, 0.6) is 0 Å². The van der Waals surface area contributed by atoms with E-state index in [1.54, 1.807) is 0 Å². The predicted molar refractivity (Wildman–Crippen MR) is 106 cm³/mol. The highest BCUT2D eigenvalue weighted by molar-refractivity contribution is 14.0.